The zero-order valence-corrected chi connectivity index (χ0v) is 12.1. The van der Waals surface area contributed by atoms with Crippen LogP contribution in [0.25, 0.3) is 0 Å². The second-order valence-corrected chi connectivity index (χ2v) is 5.23. The first kappa shape index (κ1) is 14.6. The summed E-state index contributed by atoms with van der Waals surface area (Å²) >= 11 is 0. The molecular formula is C18H22O2. The summed E-state index contributed by atoms with van der Waals surface area (Å²) in [5.74, 6) is 1.40. The second-order valence-electron chi connectivity index (χ2n) is 5.23. The largest absolute Gasteiger partial charge is 0.497 e. The minimum atomic E-state index is 0.198. The van der Waals surface area contributed by atoms with Gasteiger partial charge in [-0.2, -0.15) is 0 Å². The van der Waals surface area contributed by atoms with Crippen molar-refractivity contribution in [2.24, 2.45) is 5.92 Å². The van der Waals surface area contributed by atoms with Crippen LogP contribution in [0.4, 0.5) is 0 Å². The number of aliphatic hydroxyl groups is 1. The van der Waals surface area contributed by atoms with Crippen LogP contribution in [0, 0.1) is 5.92 Å². The molecule has 0 aliphatic carbocycles. The van der Waals surface area contributed by atoms with Crippen LogP contribution in [0.1, 0.15) is 24.0 Å². The highest BCUT2D eigenvalue weighted by molar-refractivity contribution is 5.31. The summed E-state index contributed by atoms with van der Waals surface area (Å²) in [7, 11) is 1.67. The summed E-state index contributed by atoms with van der Waals surface area (Å²) < 4.78 is 5.20. The zero-order valence-electron chi connectivity index (χ0n) is 12.1. The normalized spacial score (nSPS) is 13.8. The molecule has 2 aromatic rings. The lowest BCUT2D eigenvalue weighted by Crippen LogP contribution is -2.16. The van der Waals surface area contributed by atoms with Crippen molar-refractivity contribution in [3.63, 3.8) is 0 Å². The van der Waals surface area contributed by atoms with Gasteiger partial charge in [0.15, 0.2) is 0 Å². The highest BCUT2D eigenvalue weighted by Crippen LogP contribution is 2.29. The summed E-state index contributed by atoms with van der Waals surface area (Å²) in [5, 5.41) is 9.52. The smallest absolute Gasteiger partial charge is 0.118 e. The predicted octanol–water partition coefficient (Wildman–Crippen LogP) is 3.65. The lowest BCUT2D eigenvalue weighted by atomic mass is 9.83. The molecule has 106 valence electrons. The van der Waals surface area contributed by atoms with Crippen molar-refractivity contribution in [1.82, 2.24) is 0 Å². The van der Waals surface area contributed by atoms with Crippen LogP contribution in [0.15, 0.2) is 54.6 Å². The fourth-order valence-corrected chi connectivity index (χ4v) is 2.49. The molecule has 0 amide bonds. The van der Waals surface area contributed by atoms with Crippen molar-refractivity contribution >= 4 is 0 Å². The zero-order chi connectivity index (χ0) is 14.4. The summed E-state index contributed by atoms with van der Waals surface area (Å²) in [6.45, 7) is 2.29. The van der Waals surface area contributed by atoms with Crippen molar-refractivity contribution < 1.29 is 9.84 Å². The Morgan fingerprint density at radius 3 is 2.20 bits per heavy atom. The van der Waals surface area contributed by atoms with E-state index >= 15 is 0 Å². The molecule has 0 bridgehead atoms. The summed E-state index contributed by atoms with van der Waals surface area (Å²) in [5.41, 5.74) is 2.55. The Kier molecular flexibility index (Phi) is 5.19. The molecule has 2 nitrogen and oxygen atoms in total. The van der Waals surface area contributed by atoms with Crippen molar-refractivity contribution in [3.05, 3.63) is 65.7 Å². The molecular weight excluding hydrogens is 248 g/mol. The molecule has 0 fully saturated rings. The van der Waals surface area contributed by atoms with Gasteiger partial charge >= 0.3 is 0 Å². The quantitative estimate of drug-likeness (QED) is 0.868. The standard InChI is InChI=1S/C18H22O2/c1-14(13-19)18(12-15-6-4-3-5-7-15)16-8-10-17(20-2)11-9-16/h3-11,14,18-19H,12-13H2,1-2H3/t14-,18-/m1/s1. The Balaban J connectivity index is 2.22. The maximum atomic E-state index is 9.52. The molecule has 0 radical (unpaired) electrons. The first-order valence-corrected chi connectivity index (χ1v) is 7.03. The van der Waals surface area contributed by atoms with Crippen molar-refractivity contribution in [1.29, 1.82) is 0 Å². The Hall–Kier alpha value is -1.80. The van der Waals surface area contributed by atoms with E-state index in [1.165, 1.54) is 11.1 Å². The number of benzene rings is 2. The molecule has 0 aromatic heterocycles. The lowest BCUT2D eigenvalue weighted by Gasteiger charge is -2.23. The molecule has 0 heterocycles. The third-order valence-electron chi connectivity index (χ3n) is 3.82. The topological polar surface area (TPSA) is 29.5 Å². The van der Waals surface area contributed by atoms with E-state index in [0.29, 0.717) is 5.92 Å². The Morgan fingerprint density at radius 1 is 1.00 bits per heavy atom. The molecule has 2 aromatic carbocycles. The van der Waals surface area contributed by atoms with Gasteiger partial charge in [-0.05, 0) is 41.5 Å². The van der Waals surface area contributed by atoms with Gasteiger partial charge < -0.3 is 9.84 Å². The van der Waals surface area contributed by atoms with E-state index in [2.05, 4.69) is 43.3 Å². The van der Waals surface area contributed by atoms with E-state index in [0.717, 1.165) is 12.2 Å². The maximum absolute atomic E-state index is 9.52. The van der Waals surface area contributed by atoms with E-state index in [1.54, 1.807) is 7.11 Å². The van der Waals surface area contributed by atoms with E-state index in [9.17, 15) is 5.11 Å². The summed E-state index contributed by atoms with van der Waals surface area (Å²) in [4.78, 5) is 0. The fraction of sp³-hybridized carbons (Fsp3) is 0.333. The van der Waals surface area contributed by atoms with Gasteiger partial charge in [0.1, 0.15) is 5.75 Å². The number of ether oxygens (including phenoxy) is 1. The van der Waals surface area contributed by atoms with E-state index in [-0.39, 0.29) is 12.5 Å². The molecule has 0 aliphatic heterocycles. The lowest BCUT2D eigenvalue weighted by molar-refractivity contribution is 0.215. The molecule has 0 saturated carbocycles. The van der Waals surface area contributed by atoms with Gasteiger partial charge in [0.05, 0.1) is 7.11 Å². The number of hydrogen-bond acceptors (Lipinski definition) is 2. The minimum absolute atomic E-state index is 0.198. The SMILES string of the molecule is COc1ccc([C@H](Cc2ccccc2)[C@H](C)CO)cc1. The molecule has 0 saturated heterocycles. The molecule has 2 atom stereocenters. The van der Waals surface area contributed by atoms with Gasteiger partial charge in [0, 0.05) is 6.61 Å². The summed E-state index contributed by atoms with van der Waals surface area (Å²) in [6.07, 6.45) is 0.939. The third-order valence-corrected chi connectivity index (χ3v) is 3.82. The van der Waals surface area contributed by atoms with Crippen LogP contribution in [0.3, 0.4) is 0 Å². The Labute approximate surface area is 121 Å². The molecule has 0 unspecified atom stereocenters. The maximum Gasteiger partial charge on any atom is 0.118 e. The highest BCUT2D eigenvalue weighted by atomic mass is 16.5. The van der Waals surface area contributed by atoms with E-state index in [4.69, 9.17) is 4.74 Å². The number of rotatable bonds is 6. The predicted molar refractivity (Wildman–Crippen MR) is 82.1 cm³/mol. The first-order valence-electron chi connectivity index (χ1n) is 7.03. The van der Waals surface area contributed by atoms with Crippen LogP contribution in [-0.4, -0.2) is 18.8 Å². The van der Waals surface area contributed by atoms with E-state index < -0.39 is 0 Å². The molecule has 2 heteroatoms. The average Bonchev–Trinajstić information content (AvgIpc) is 2.53. The molecule has 0 spiro atoms. The van der Waals surface area contributed by atoms with Crippen molar-refractivity contribution in [2.45, 2.75) is 19.3 Å². The molecule has 20 heavy (non-hydrogen) atoms. The molecule has 1 N–H and O–H groups in total. The third kappa shape index (κ3) is 3.61. The van der Waals surface area contributed by atoms with Crippen LogP contribution >= 0.6 is 0 Å². The number of aliphatic hydroxyl groups excluding tert-OH is 1. The van der Waals surface area contributed by atoms with Crippen LogP contribution in [0.2, 0.25) is 0 Å². The fourth-order valence-electron chi connectivity index (χ4n) is 2.49. The minimum Gasteiger partial charge on any atom is -0.497 e. The van der Waals surface area contributed by atoms with E-state index in [1.807, 2.05) is 18.2 Å². The Bertz CT molecular complexity index is 505. The number of hydrogen-bond donors (Lipinski definition) is 1. The van der Waals surface area contributed by atoms with Crippen LogP contribution in [0.5, 0.6) is 5.75 Å². The molecule has 2 rings (SSSR count). The average molecular weight is 270 g/mol. The van der Waals surface area contributed by atoms with Gasteiger partial charge in [0.25, 0.3) is 0 Å². The van der Waals surface area contributed by atoms with Gasteiger partial charge in [0.2, 0.25) is 0 Å². The highest BCUT2D eigenvalue weighted by Gasteiger charge is 2.19. The van der Waals surface area contributed by atoms with Crippen molar-refractivity contribution in [2.75, 3.05) is 13.7 Å². The van der Waals surface area contributed by atoms with Gasteiger partial charge in [-0.15, -0.1) is 0 Å². The van der Waals surface area contributed by atoms with Crippen LogP contribution < -0.4 is 4.74 Å². The Morgan fingerprint density at radius 2 is 1.65 bits per heavy atom. The van der Waals surface area contributed by atoms with Gasteiger partial charge in [-0.25, -0.2) is 0 Å². The van der Waals surface area contributed by atoms with Gasteiger partial charge in [-0.1, -0.05) is 49.4 Å². The summed E-state index contributed by atoms with van der Waals surface area (Å²) in [6, 6.07) is 18.6. The second kappa shape index (κ2) is 7.11. The molecule has 0 aliphatic rings. The van der Waals surface area contributed by atoms with Crippen molar-refractivity contribution in [3.8, 4) is 5.75 Å². The first-order chi connectivity index (χ1) is 9.74. The van der Waals surface area contributed by atoms with Gasteiger partial charge in [-0.3, -0.25) is 0 Å². The number of methoxy groups -OCH3 is 1. The monoisotopic (exact) mass is 270 g/mol. The van der Waals surface area contributed by atoms with Crippen LogP contribution in [-0.2, 0) is 6.42 Å².